The molecule has 0 spiro atoms. The molecular formula is C22H20ClNS2. The summed E-state index contributed by atoms with van der Waals surface area (Å²) in [6, 6.07) is 14.9. The Bertz CT molecular complexity index is 1080. The van der Waals surface area contributed by atoms with Crippen molar-refractivity contribution in [1.29, 1.82) is 0 Å². The Morgan fingerprint density at radius 3 is 2.42 bits per heavy atom. The minimum Gasteiger partial charge on any atom is -0.235 e. The van der Waals surface area contributed by atoms with Crippen LogP contribution in [0.3, 0.4) is 0 Å². The van der Waals surface area contributed by atoms with Gasteiger partial charge in [-0.15, -0.1) is 22.7 Å². The molecule has 0 radical (unpaired) electrons. The normalized spacial score (nSPS) is 12.0. The zero-order valence-electron chi connectivity index (χ0n) is 15.3. The monoisotopic (exact) mass is 397 g/mol. The fraction of sp³-hybridized carbons (Fsp3) is 0.227. The molecule has 1 nitrogen and oxygen atoms in total. The fourth-order valence-corrected chi connectivity index (χ4v) is 5.27. The topological polar surface area (TPSA) is 12.9 Å². The van der Waals surface area contributed by atoms with Crippen molar-refractivity contribution in [3.63, 3.8) is 0 Å². The van der Waals surface area contributed by atoms with Gasteiger partial charge in [-0.25, -0.2) is 4.98 Å². The Morgan fingerprint density at radius 2 is 1.73 bits per heavy atom. The first kappa shape index (κ1) is 17.7. The predicted octanol–water partition coefficient (Wildman–Crippen LogP) is 7.95. The van der Waals surface area contributed by atoms with Crippen LogP contribution in [0.15, 0.2) is 47.8 Å². The van der Waals surface area contributed by atoms with Gasteiger partial charge in [-0.1, -0.05) is 56.6 Å². The first-order chi connectivity index (χ1) is 12.3. The summed E-state index contributed by atoms with van der Waals surface area (Å²) < 4.78 is 1.26. The van der Waals surface area contributed by atoms with Gasteiger partial charge in [0.15, 0.2) is 0 Å². The summed E-state index contributed by atoms with van der Waals surface area (Å²) in [4.78, 5) is 6.15. The van der Waals surface area contributed by atoms with Gasteiger partial charge in [0.05, 0.1) is 10.6 Å². The van der Waals surface area contributed by atoms with Gasteiger partial charge < -0.3 is 0 Å². The summed E-state index contributed by atoms with van der Waals surface area (Å²) in [6.07, 6.45) is 0. The molecule has 4 heteroatoms. The number of fused-ring (bicyclic) bond motifs is 1. The van der Waals surface area contributed by atoms with Crippen molar-refractivity contribution in [2.24, 2.45) is 0 Å². The van der Waals surface area contributed by atoms with Crippen molar-refractivity contribution in [1.82, 2.24) is 4.98 Å². The highest BCUT2D eigenvalue weighted by molar-refractivity contribution is 7.22. The Morgan fingerprint density at radius 1 is 1.00 bits per heavy atom. The summed E-state index contributed by atoms with van der Waals surface area (Å²) in [5.41, 5.74) is 5.00. The Hall–Kier alpha value is -1.68. The van der Waals surface area contributed by atoms with Gasteiger partial charge in [0.2, 0.25) is 0 Å². The van der Waals surface area contributed by atoms with Crippen LogP contribution < -0.4 is 0 Å². The van der Waals surface area contributed by atoms with E-state index in [9.17, 15) is 0 Å². The van der Waals surface area contributed by atoms with Crippen molar-refractivity contribution in [3.05, 3.63) is 64.0 Å². The van der Waals surface area contributed by atoms with Gasteiger partial charge in [-0.3, -0.25) is 0 Å². The fourth-order valence-electron chi connectivity index (χ4n) is 3.06. The second kappa shape index (κ2) is 6.49. The van der Waals surface area contributed by atoms with Crippen LogP contribution in [0.2, 0.25) is 5.02 Å². The van der Waals surface area contributed by atoms with E-state index in [2.05, 4.69) is 63.4 Å². The molecule has 0 aliphatic rings. The first-order valence-corrected chi connectivity index (χ1v) is 10.7. The maximum Gasteiger partial charge on any atom is 0.124 e. The first-order valence-electron chi connectivity index (χ1n) is 8.58. The molecule has 26 heavy (non-hydrogen) atoms. The van der Waals surface area contributed by atoms with Crippen LogP contribution in [0.25, 0.3) is 31.2 Å². The van der Waals surface area contributed by atoms with Gasteiger partial charge in [-0.05, 0) is 47.1 Å². The molecule has 4 aromatic rings. The molecule has 0 amide bonds. The van der Waals surface area contributed by atoms with E-state index in [1.54, 1.807) is 22.7 Å². The molecule has 0 aliphatic carbocycles. The molecule has 0 atom stereocenters. The zero-order chi connectivity index (χ0) is 18.5. The molecule has 0 saturated heterocycles. The molecule has 0 N–H and O–H groups in total. The van der Waals surface area contributed by atoms with Crippen molar-refractivity contribution >= 4 is 44.4 Å². The predicted molar refractivity (Wildman–Crippen MR) is 117 cm³/mol. The van der Waals surface area contributed by atoms with E-state index in [1.807, 2.05) is 12.1 Å². The standard InChI is InChI=1S/C22H20ClNS2/c1-13-17-11-16(23)9-10-19(17)26-20(13)18-12-25-21(24-18)14-5-7-15(8-6-14)22(2,3)4/h5-12H,1-4H3. The van der Waals surface area contributed by atoms with Crippen molar-refractivity contribution in [2.45, 2.75) is 33.1 Å². The lowest BCUT2D eigenvalue weighted by atomic mass is 9.87. The molecule has 2 aromatic heterocycles. The molecule has 0 saturated carbocycles. The van der Waals surface area contributed by atoms with Gasteiger partial charge in [0, 0.05) is 20.7 Å². The lowest BCUT2D eigenvalue weighted by molar-refractivity contribution is 0.590. The van der Waals surface area contributed by atoms with Gasteiger partial charge in [-0.2, -0.15) is 0 Å². The molecule has 0 aliphatic heterocycles. The summed E-state index contributed by atoms with van der Waals surface area (Å²) in [5.74, 6) is 0. The number of benzene rings is 2. The van der Waals surface area contributed by atoms with Crippen LogP contribution in [-0.4, -0.2) is 4.98 Å². The molecule has 2 aromatic carbocycles. The summed E-state index contributed by atoms with van der Waals surface area (Å²) in [5, 5.41) is 5.23. The van der Waals surface area contributed by atoms with Crippen LogP contribution in [0, 0.1) is 6.92 Å². The van der Waals surface area contributed by atoms with E-state index in [4.69, 9.17) is 16.6 Å². The highest BCUT2D eigenvalue weighted by atomic mass is 35.5. The van der Waals surface area contributed by atoms with E-state index in [0.29, 0.717) is 0 Å². The van der Waals surface area contributed by atoms with Crippen LogP contribution in [0.1, 0.15) is 31.9 Å². The third-order valence-corrected chi connectivity index (χ3v) is 7.05. The Kier molecular flexibility index (Phi) is 4.42. The minimum atomic E-state index is 0.169. The molecular weight excluding hydrogens is 378 g/mol. The number of thiophene rings is 1. The lowest BCUT2D eigenvalue weighted by Gasteiger charge is -2.18. The number of aromatic nitrogens is 1. The zero-order valence-corrected chi connectivity index (χ0v) is 17.6. The van der Waals surface area contributed by atoms with E-state index in [-0.39, 0.29) is 5.41 Å². The second-order valence-corrected chi connectivity index (χ2v) is 9.91. The number of rotatable bonds is 2. The summed E-state index contributed by atoms with van der Waals surface area (Å²) in [7, 11) is 0. The molecule has 4 rings (SSSR count). The number of thiazole rings is 1. The van der Waals surface area contributed by atoms with E-state index >= 15 is 0 Å². The summed E-state index contributed by atoms with van der Waals surface area (Å²) in [6.45, 7) is 8.86. The Labute approximate surface area is 167 Å². The largest absolute Gasteiger partial charge is 0.235 e. The minimum absolute atomic E-state index is 0.169. The summed E-state index contributed by atoms with van der Waals surface area (Å²) >= 11 is 9.65. The van der Waals surface area contributed by atoms with Crippen LogP contribution in [0.5, 0.6) is 0 Å². The highest BCUT2D eigenvalue weighted by Crippen LogP contribution is 2.40. The SMILES string of the molecule is Cc1c(-c2csc(-c3ccc(C(C)(C)C)cc3)n2)sc2ccc(Cl)cc12. The van der Waals surface area contributed by atoms with Crippen LogP contribution in [0.4, 0.5) is 0 Å². The van der Waals surface area contributed by atoms with Gasteiger partial charge in [0.1, 0.15) is 5.01 Å². The maximum absolute atomic E-state index is 6.17. The van der Waals surface area contributed by atoms with Crippen molar-refractivity contribution < 1.29 is 0 Å². The molecule has 132 valence electrons. The Balaban J connectivity index is 1.71. The molecule has 0 fully saturated rings. The van der Waals surface area contributed by atoms with Crippen molar-refractivity contribution in [3.8, 4) is 21.1 Å². The lowest BCUT2D eigenvalue weighted by Crippen LogP contribution is -2.10. The molecule has 0 bridgehead atoms. The number of hydrogen-bond acceptors (Lipinski definition) is 3. The molecule has 0 unspecified atom stereocenters. The van der Waals surface area contributed by atoms with E-state index in [0.717, 1.165) is 15.7 Å². The number of hydrogen-bond donors (Lipinski definition) is 0. The van der Waals surface area contributed by atoms with E-state index in [1.165, 1.54) is 31.7 Å². The second-order valence-electron chi connectivity index (χ2n) is 7.56. The van der Waals surface area contributed by atoms with Crippen molar-refractivity contribution in [2.75, 3.05) is 0 Å². The highest BCUT2D eigenvalue weighted by Gasteiger charge is 2.16. The van der Waals surface area contributed by atoms with E-state index < -0.39 is 0 Å². The number of halogens is 1. The van der Waals surface area contributed by atoms with Crippen LogP contribution in [-0.2, 0) is 5.41 Å². The molecule has 2 heterocycles. The maximum atomic E-state index is 6.17. The smallest absolute Gasteiger partial charge is 0.124 e. The average molecular weight is 398 g/mol. The number of nitrogens with zero attached hydrogens (tertiary/aromatic N) is 1. The number of aryl methyl sites for hydroxylation is 1. The quantitative estimate of drug-likeness (QED) is 0.334. The third kappa shape index (κ3) is 3.20. The van der Waals surface area contributed by atoms with Gasteiger partial charge >= 0.3 is 0 Å². The third-order valence-electron chi connectivity index (χ3n) is 4.63. The average Bonchev–Trinajstić information content (AvgIpc) is 3.20. The van der Waals surface area contributed by atoms with Crippen LogP contribution >= 0.6 is 34.3 Å². The van der Waals surface area contributed by atoms with Gasteiger partial charge in [0.25, 0.3) is 0 Å².